The number of benzene rings is 1. The predicted octanol–water partition coefficient (Wildman–Crippen LogP) is 3.83. The van der Waals surface area contributed by atoms with E-state index in [-0.39, 0.29) is 6.03 Å². The first-order valence-electron chi connectivity index (χ1n) is 11.3. The van der Waals surface area contributed by atoms with Crippen LogP contribution in [0.4, 0.5) is 4.79 Å². The highest BCUT2D eigenvalue weighted by Gasteiger charge is 2.46. The molecule has 4 atom stereocenters. The first-order valence-corrected chi connectivity index (χ1v) is 11.3. The van der Waals surface area contributed by atoms with Gasteiger partial charge in [0.25, 0.3) is 0 Å². The minimum atomic E-state index is 0.144. The third-order valence-corrected chi connectivity index (χ3v) is 7.45. The first-order chi connectivity index (χ1) is 13.8. The molecule has 4 aliphatic rings. The summed E-state index contributed by atoms with van der Waals surface area (Å²) in [7, 11) is 0. The second-order valence-corrected chi connectivity index (χ2v) is 9.17. The number of piperidine rings is 3. The van der Waals surface area contributed by atoms with E-state index in [0.29, 0.717) is 18.5 Å². The Bertz CT molecular complexity index is 731. The van der Waals surface area contributed by atoms with Crippen molar-refractivity contribution >= 4 is 6.03 Å². The molecule has 1 aromatic carbocycles. The quantitative estimate of drug-likeness (QED) is 0.810. The van der Waals surface area contributed by atoms with E-state index in [4.69, 9.17) is 0 Å². The third kappa shape index (κ3) is 3.47. The summed E-state index contributed by atoms with van der Waals surface area (Å²) in [6.07, 6.45) is 11.2. The van der Waals surface area contributed by atoms with Crippen molar-refractivity contribution in [3.63, 3.8) is 0 Å². The van der Waals surface area contributed by atoms with Gasteiger partial charge in [-0.15, -0.1) is 0 Å². The summed E-state index contributed by atoms with van der Waals surface area (Å²) in [4.78, 5) is 18.0. The lowest BCUT2D eigenvalue weighted by Gasteiger charge is -2.54. The van der Waals surface area contributed by atoms with Crippen LogP contribution in [0.25, 0.3) is 0 Å². The molecule has 2 bridgehead atoms. The van der Waals surface area contributed by atoms with Crippen LogP contribution in [0.5, 0.6) is 0 Å². The molecule has 4 heteroatoms. The maximum absolute atomic E-state index is 13.1. The summed E-state index contributed by atoms with van der Waals surface area (Å²) in [5, 5.41) is 3.21. The van der Waals surface area contributed by atoms with E-state index in [1.54, 1.807) is 5.57 Å². The lowest BCUT2D eigenvalue weighted by Crippen LogP contribution is -2.61. The summed E-state index contributed by atoms with van der Waals surface area (Å²) in [6.45, 7) is 4.07. The molecule has 0 spiro atoms. The molecule has 28 heavy (non-hydrogen) atoms. The summed E-state index contributed by atoms with van der Waals surface area (Å²) in [5.74, 6) is 1.35. The minimum Gasteiger partial charge on any atom is -0.338 e. The van der Waals surface area contributed by atoms with Gasteiger partial charge in [-0.05, 0) is 62.5 Å². The van der Waals surface area contributed by atoms with Crippen LogP contribution in [0.15, 0.2) is 42.0 Å². The van der Waals surface area contributed by atoms with Crippen LogP contribution >= 0.6 is 0 Å². The minimum absolute atomic E-state index is 0.144. The molecular formula is C24H33N3O. The normalized spacial score (nSPS) is 32.1. The van der Waals surface area contributed by atoms with Crippen molar-refractivity contribution in [3.05, 3.63) is 47.5 Å². The largest absolute Gasteiger partial charge is 0.338 e. The van der Waals surface area contributed by atoms with Crippen LogP contribution in [-0.4, -0.2) is 54.1 Å². The number of hydrogen-bond acceptors (Lipinski definition) is 2. The monoisotopic (exact) mass is 379 g/mol. The Morgan fingerprint density at radius 1 is 1.11 bits per heavy atom. The standard InChI is InChI=1S/C24H33N3O/c28-24(25-12-11-18-7-2-1-3-8-18)27-14-6-9-19-15-20-16-21(23(19)27)17-26-13-5-4-10-22(20)26/h1-3,7-8,15,20-23H,4-6,9-14,16-17H2,(H,25,28)/t20-,21-,22?,23?/m1/s1. The number of hydrogen-bond donors (Lipinski definition) is 1. The number of nitrogens with zero attached hydrogens (tertiary/aromatic N) is 2. The topological polar surface area (TPSA) is 35.6 Å². The summed E-state index contributed by atoms with van der Waals surface area (Å²) >= 11 is 0. The number of amides is 2. The number of carbonyl (C=O) groups is 1. The smallest absolute Gasteiger partial charge is 0.317 e. The average molecular weight is 380 g/mol. The van der Waals surface area contributed by atoms with Crippen molar-refractivity contribution in [3.8, 4) is 0 Å². The maximum Gasteiger partial charge on any atom is 0.317 e. The Labute approximate surface area is 169 Å². The van der Waals surface area contributed by atoms with Gasteiger partial charge in [0.2, 0.25) is 0 Å². The van der Waals surface area contributed by atoms with Crippen LogP contribution in [-0.2, 0) is 6.42 Å². The molecule has 0 aromatic heterocycles. The Hall–Kier alpha value is -1.81. The molecule has 3 aliphatic heterocycles. The molecule has 0 radical (unpaired) electrons. The van der Waals surface area contributed by atoms with E-state index >= 15 is 0 Å². The van der Waals surface area contributed by atoms with Crippen LogP contribution in [0.3, 0.4) is 0 Å². The van der Waals surface area contributed by atoms with Gasteiger partial charge < -0.3 is 10.2 Å². The number of urea groups is 1. The molecule has 3 saturated heterocycles. The van der Waals surface area contributed by atoms with E-state index < -0.39 is 0 Å². The molecule has 2 amide bonds. The van der Waals surface area contributed by atoms with Crippen LogP contribution in [0.2, 0.25) is 0 Å². The van der Waals surface area contributed by atoms with Gasteiger partial charge in [-0.3, -0.25) is 4.90 Å². The Morgan fingerprint density at radius 2 is 2.00 bits per heavy atom. The lowest BCUT2D eigenvalue weighted by molar-refractivity contribution is 0.00793. The second-order valence-electron chi connectivity index (χ2n) is 9.17. The van der Waals surface area contributed by atoms with E-state index in [1.165, 1.54) is 50.8 Å². The molecule has 3 fully saturated rings. The van der Waals surface area contributed by atoms with Gasteiger partial charge in [-0.25, -0.2) is 4.79 Å². The molecule has 1 aliphatic carbocycles. The predicted molar refractivity (Wildman–Crippen MR) is 112 cm³/mol. The molecule has 3 heterocycles. The zero-order chi connectivity index (χ0) is 18.9. The fraction of sp³-hybridized carbons (Fsp3) is 0.625. The van der Waals surface area contributed by atoms with Gasteiger partial charge in [0.1, 0.15) is 0 Å². The summed E-state index contributed by atoms with van der Waals surface area (Å²) in [6, 6.07) is 11.7. The highest BCUT2D eigenvalue weighted by atomic mass is 16.2. The number of fused-ring (bicyclic) bond motifs is 6. The Morgan fingerprint density at radius 3 is 2.89 bits per heavy atom. The van der Waals surface area contributed by atoms with Crippen molar-refractivity contribution in [2.45, 2.75) is 57.0 Å². The van der Waals surface area contributed by atoms with Crippen LogP contribution in [0.1, 0.15) is 44.1 Å². The molecule has 2 unspecified atom stereocenters. The highest BCUT2D eigenvalue weighted by molar-refractivity contribution is 5.75. The Balaban J connectivity index is 1.27. The summed E-state index contributed by atoms with van der Waals surface area (Å²) in [5.41, 5.74) is 2.85. The second kappa shape index (κ2) is 7.90. The van der Waals surface area contributed by atoms with E-state index in [2.05, 4.69) is 45.5 Å². The fourth-order valence-corrected chi connectivity index (χ4v) is 6.26. The molecule has 1 N–H and O–H groups in total. The van der Waals surface area contributed by atoms with E-state index in [1.807, 2.05) is 6.07 Å². The van der Waals surface area contributed by atoms with Gasteiger partial charge in [0.05, 0.1) is 6.04 Å². The van der Waals surface area contributed by atoms with Gasteiger partial charge in [0.15, 0.2) is 0 Å². The van der Waals surface area contributed by atoms with Crippen LogP contribution < -0.4 is 5.32 Å². The SMILES string of the molecule is O=C(NCCc1ccccc1)N1CCCC2=C[C@@H]3C[C@H](CN4CCCCC34)C21. The zero-order valence-corrected chi connectivity index (χ0v) is 16.9. The van der Waals surface area contributed by atoms with Crippen LogP contribution in [0, 0.1) is 11.8 Å². The van der Waals surface area contributed by atoms with Crippen molar-refractivity contribution in [1.29, 1.82) is 0 Å². The number of rotatable bonds is 3. The molecule has 4 nitrogen and oxygen atoms in total. The van der Waals surface area contributed by atoms with E-state index in [9.17, 15) is 4.79 Å². The van der Waals surface area contributed by atoms with Gasteiger partial charge in [0, 0.05) is 25.7 Å². The molecule has 150 valence electrons. The summed E-state index contributed by atoms with van der Waals surface area (Å²) < 4.78 is 0. The molecule has 0 saturated carbocycles. The first kappa shape index (κ1) is 18.2. The van der Waals surface area contributed by atoms with Crippen molar-refractivity contribution < 1.29 is 4.79 Å². The van der Waals surface area contributed by atoms with Crippen molar-refractivity contribution in [1.82, 2.24) is 15.1 Å². The lowest BCUT2D eigenvalue weighted by atomic mass is 9.68. The fourth-order valence-electron chi connectivity index (χ4n) is 6.26. The average Bonchev–Trinajstić information content (AvgIpc) is 2.74. The third-order valence-electron chi connectivity index (χ3n) is 7.45. The van der Waals surface area contributed by atoms with Gasteiger partial charge >= 0.3 is 6.03 Å². The molecule has 5 rings (SSSR count). The van der Waals surface area contributed by atoms with Crippen molar-refractivity contribution in [2.24, 2.45) is 11.8 Å². The number of carbonyl (C=O) groups excluding carboxylic acids is 1. The number of likely N-dealkylation sites (tertiary alicyclic amines) is 1. The van der Waals surface area contributed by atoms with Gasteiger partial charge in [-0.1, -0.05) is 48.4 Å². The maximum atomic E-state index is 13.1. The van der Waals surface area contributed by atoms with Gasteiger partial charge in [-0.2, -0.15) is 0 Å². The van der Waals surface area contributed by atoms with E-state index in [0.717, 1.165) is 31.3 Å². The van der Waals surface area contributed by atoms with Crippen molar-refractivity contribution in [2.75, 3.05) is 26.2 Å². The zero-order valence-electron chi connectivity index (χ0n) is 16.9. The molecule has 1 aromatic rings. The number of nitrogens with one attached hydrogen (secondary N) is 1. The highest BCUT2D eigenvalue weighted by Crippen LogP contribution is 2.44. The molecular weight excluding hydrogens is 346 g/mol. The Kier molecular flexibility index (Phi) is 5.15.